The predicted molar refractivity (Wildman–Crippen MR) is 125 cm³/mol. The minimum Gasteiger partial charge on any atom is -0.408 e. The van der Waals surface area contributed by atoms with E-state index in [0.717, 1.165) is 22.8 Å². The van der Waals surface area contributed by atoms with E-state index in [9.17, 15) is 30.8 Å². The van der Waals surface area contributed by atoms with Gasteiger partial charge in [-0.3, -0.25) is 9.29 Å². The van der Waals surface area contributed by atoms with Gasteiger partial charge in [0.15, 0.2) is 5.58 Å². The lowest BCUT2D eigenvalue weighted by Gasteiger charge is -2.27. The van der Waals surface area contributed by atoms with E-state index < -0.39 is 38.4 Å². The van der Waals surface area contributed by atoms with E-state index in [1.54, 1.807) is 6.07 Å². The van der Waals surface area contributed by atoms with Gasteiger partial charge in [0.2, 0.25) is 5.95 Å². The largest absolute Gasteiger partial charge is 0.420 e. The number of hydrogen-bond acceptors (Lipinski definition) is 5. The summed E-state index contributed by atoms with van der Waals surface area (Å²) in [7, 11) is -4.55. The molecule has 2 aromatic carbocycles. The number of anilines is 1. The van der Waals surface area contributed by atoms with Crippen LogP contribution < -0.4 is 10.5 Å². The molecule has 1 N–H and O–H groups in total. The second-order valence-corrected chi connectivity index (χ2v) is 9.81. The van der Waals surface area contributed by atoms with Crippen molar-refractivity contribution in [3.05, 3.63) is 87.5 Å². The molecule has 0 saturated heterocycles. The summed E-state index contributed by atoms with van der Waals surface area (Å²) in [6, 6.07) is 9.48. The average molecular weight is 544 g/mol. The lowest BCUT2D eigenvalue weighted by Crippen LogP contribution is -2.23. The lowest BCUT2D eigenvalue weighted by molar-refractivity contribution is -0.0218. The number of nitrogens with one attached hydrogen (secondary N) is 1. The molecule has 1 aliphatic carbocycles. The number of oxazole rings is 1. The van der Waals surface area contributed by atoms with Gasteiger partial charge in [-0.25, -0.2) is 31.4 Å². The number of benzene rings is 2. The number of halogens is 5. The zero-order valence-corrected chi connectivity index (χ0v) is 19.9. The van der Waals surface area contributed by atoms with Gasteiger partial charge in [-0.05, 0) is 36.1 Å². The molecule has 36 heavy (non-hydrogen) atoms. The van der Waals surface area contributed by atoms with Gasteiger partial charge in [-0.2, -0.15) is 4.39 Å². The van der Waals surface area contributed by atoms with E-state index in [-0.39, 0.29) is 54.3 Å². The fraction of sp³-hybridized carbons (Fsp3) is 0.217. The zero-order valence-electron chi connectivity index (χ0n) is 18.3. The SMILES string of the molecule is Cl.O=c1oc2cc(S(=O)(=O)Nc3cccc(F)n3)c(F)cc2n1Cc1cccc2c1CCCC2(F)F. The average Bonchev–Trinajstić information content (AvgIpc) is 3.07. The van der Waals surface area contributed by atoms with E-state index in [2.05, 4.69) is 4.98 Å². The Morgan fingerprint density at radius 2 is 1.86 bits per heavy atom. The van der Waals surface area contributed by atoms with Crippen LogP contribution in [-0.2, 0) is 28.9 Å². The Morgan fingerprint density at radius 1 is 1.11 bits per heavy atom. The third-order valence-corrected chi connectivity index (χ3v) is 7.25. The Bertz CT molecular complexity index is 1640. The number of rotatable bonds is 5. The third-order valence-electron chi connectivity index (χ3n) is 5.88. The van der Waals surface area contributed by atoms with Crippen LogP contribution in [0.4, 0.5) is 23.4 Å². The summed E-state index contributed by atoms with van der Waals surface area (Å²) in [5.74, 6) is -6.39. The van der Waals surface area contributed by atoms with Crippen molar-refractivity contribution in [2.24, 2.45) is 0 Å². The van der Waals surface area contributed by atoms with Gasteiger partial charge in [0.1, 0.15) is 16.5 Å². The fourth-order valence-electron chi connectivity index (χ4n) is 4.29. The molecule has 0 aliphatic heterocycles. The predicted octanol–water partition coefficient (Wildman–Crippen LogP) is 4.97. The Hall–Kier alpha value is -3.38. The number of alkyl halides is 2. The highest BCUT2D eigenvalue weighted by atomic mass is 35.5. The van der Waals surface area contributed by atoms with E-state index in [0.29, 0.717) is 17.5 Å². The fourth-order valence-corrected chi connectivity index (χ4v) is 5.37. The minimum atomic E-state index is -4.55. The van der Waals surface area contributed by atoms with E-state index in [4.69, 9.17) is 4.42 Å². The van der Waals surface area contributed by atoms with Crippen molar-refractivity contribution in [3.8, 4) is 0 Å². The number of hydrogen-bond donors (Lipinski definition) is 1. The van der Waals surface area contributed by atoms with Crippen LogP contribution in [0.25, 0.3) is 11.1 Å². The molecule has 0 unspecified atom stereocenters. The molecule has 0 spiro atoms. The molecule has 0 fully saturated rings. The lowest BCUT2D eigenvalue weighted by atomic mass is 9.85. The second kappa shape index (κ2) is 9.25. The number of nitrogens with zero attached hydrogens (tertiary/aromatic N) is 2. The summed E-state index contributed by atoms with van der Waals surface area (Å²) in [6.45, 7) is -0.165. The Labute approximate surface area is 208 Å². The van der Waals surface area contributed by atoms with Gasteiger partial charge in [-0.1, -0.05) is 24.3 Å². The van der Waals surface area contributed by atoms with Crippen molar-refractivity contribution in [2.75, 3.05) is 4.72 Å². The number of aromatic nitrogens is 2. The molecule has 0 saturated carbocycles. The first-order chi connectivity index (χ1) is 16.5. The first-order valence-corrected chi connectivity index (χ1v) is 12.0. The molecule has 5 rings (SSSR count). The summed E-state index contributed by atoms with van der Waals surface area (Å²) in [5.41, 5.74) is 0.521. The summed E-state index contributed by atoms with van der Waals surface area (Å²) < 4.78 is 90.4. The molecule has 0 amide bonds. The van der Waals surface area contributed by atoms with Gasteiger partial charge in [-0.15, -0.1) is 12.4 Å². The number of fused-ring (bicyclic) bond motifs is 2. The normalized spacial score (nSPS) is 14.8. The summed E-state index contributed by atoms with van der Waals surface area (Å²) >= 11 is 0. The molecule has 2 heterocycles. The molecule has 1 aliphatic rings. The van der Waals surface area contributed by atoms with Crippen LogP contribution in [0.3, 0.4) is 0 Å². The van der Waals surface area contributed by atoms with Crippen LogP contribution in [0.2, 0.25) is 0 Å². The molecule has 7 nitrogen and oxygen atoms in total. The highest BCUT2D eigenvalue weighted by Gasteiger charge is 2.37. The molecule has 13 heteroatoms. The van der Waals surface area contributed by atoms with Crippen LogP contribution in [0.5, 0.6) is 0 Å². The van der Waals surface area contributed by atoms with Crippen molar-refractivity contribution in [1.29, 1.82) is 0 Å². The van der Waals surface area contributed by atoms with Crippen molar-refractivity contribution in [1.82, 2.24) is 9.55 Å². The molecule has 190 valence electrons. The molecular weight excluding hydrogens is 526 g/mol. The standard InChI is InChI=1S/C23H17F4N3O4S.ClH/c24-16-10-17-18(11-19(16)35(32,33)29-21-8-2-7-20(25)28-21)34-22(31)30(17)12-13-4-1-6-15-14(13)5-3-9-23(15,26)27;/h1-2,4,6-8,10-11H,3,5,9,12H2,(H,28,29);1H. The van der Waals surface area contributed by atoms with Crippen LogP contribution >= 0.6 is 12.4 Å². The molecule has 2 aromatic heterocycles. The maximum Gasteiger partial charge on any atom is 0.420 e. The van der Waals surface area contributed by atoms with Crippen LogP contribution in [0.15, 0.2) is 62.6 Å². The quantitative estimate of drug-likeness (QED) is 0.283. The van der Waals surface area contributed by atoms with Gasteiger partial charge in [0, 0.05) is 24.1 Å². The monoisotopic (exact) mass is 543 g/mol. The number of pyridine rings is 1. The smallest absolute Gasteiger partial charge is 0.408 e. The Morgan fingerprint density at radius 3 is 2.61 bits per heavy atom. The van der Waals surface area contributed by atoms with Gasteiger partial charge in [0.05, 0.1) is 12.1 Å². The van der Waals surface area contributed by atoms with Crippen molar-refractivity contribution in [2.45, 2.75) is 36.6 Å². The van der Waals surface area contributed by atoms with Gasteiger partial charge in [0.25, 0.3) is 15.9 Å². The third kappa shape index (κ3) is 4.58. The van der Waals surface area contributed by atoms with E-state index in [1.165, 1.54) is 24.3 Å². The van der Waals surface area contributed by atoms with Crippen molar-refractivity contribution in [3.63, 3.8) is 0 Å². The summed E-state index contributed by atoms with van der Waals surface area (Å²) in [5, 5.41) is 0. The van der Waals surface area contributed by atoms with Crippen LogP contribution in [-0.4, -0.2) is 18.0 Å². The summed E-state index contributed by atoms with van der Waals surface area (Å²) in [6.07, 6.45) is 0.420. The molecule has 0 radical (unpaired) electrons. The van der Waals surface area contributed by atoms with Crippen molar-refractivity contribution >= 4 is 39.3 Å². The highest BCUT2D eigenvalue weighted by molar-refractivity contribution is 7.92. The van der Waals surface area contributed by atoms with Gasteiger partial charge < -0.3 is 4.42 Å². The first-order valence-electron chi connectivity index (χ1n) is 10.5. The number of sulfonamides is 1. The molecule has 4 aromatic rings. The van der Waals surface area contributed by atoms with Gasteiger partial charge >= 0.3 is 5.76 Å². The highest BCUT2D eigenvalue weighted by Crippen LogP contribution is 2.41. The first kappa shape index (κ1) is 25.7. The van der Waals surface area contributed by atoms with Crippen molar-refractivity contribution < 1.29 is 30.4 Å². The Kier molecular flexibility index (Phi) is 6.60. The summed E-state index contributed by atoms with van der Waals surface area (Å²) in [4.78, 5) is 15.1. The maximum absolute atomic E-state index is 14.9. The minimum absolute atomic E-state index is 0. The second-order valence-electron chi connectivity index (χ2n) is 8.16. The van der Waals surface area contributed by atoms with Crippen LogP contribution in [0, 0.1) is 11.8 Å². The molecule has 0 atom stereocenters. The topological polar surface area (TPSA) is 94.2 Å². The Balaban J connectivity index is 0.00000304. The van der Waals surface area contributed by atoms with E-state index >= 15 is 0 Å². The van der Waals surface area contributed by atoms with E-state index in [1.807, 2.05) is 4.72 Å². The molecular formula is C23H18ClF4N3O4S. The maximum atomic E-state index is 14.9. The zero-order chi connectivity index (χ0) is 25.0. The van der Waals surface area contributed by atoms with Crippen LogP contribution in [0.1, 0.15) is 29.5 Å². The molecule has 0 bridgehead atoms.